The second-order valence-electron chi connectivity index (χ2n) is 22.3. The zero-order chi connectivity index (χ0) is 47.9. The van der Waals surface area contributed by atoms with E-state index in [1.807, 2.05) is 43.4 Å². The summed E-state index contributed by atoms with van der Waals surface area (Å²) >= 11 is 0. The Kier molecular flexibility index (Phi) is 9.36. The summed E-state index contributed by atoms with van der Waals surface area (Å²) in [5.41, 5.74) is 3.63. The molecule has 0 amide bonds. The molecule has 69 heavy (non-hydrogen) atoms. The lowest BCUT2D eigenvalue weighted by Crippen LogP contribution is -2.76. The van der Waals surface area contributed by atoms with Crippen molar-refractivity contribution in [3.8, 4) is 17.2 Å². The average molecular weight is 944 g/mol. The van der Waals surface area contributed by atoms with Gasteiger partial charge in [0.2, 0.25) is 0 Å². The van der Waals surface area contributed by atoms with Crippen molar-refractivity contribution in [2.24, 2.45) is 0 Å². The Labute approximate surface area is 400 Å². The molecular weight excluding hydrogens is 883 g/mol. The standard InChI is InChI=1S/2C18H21NO4.C18H19NO4/c3*1-19-7-6-17-14-10-2-3-11(9-20)15(14)23-16(17)12(21)4-5-18(17,22)13(19)8-10/h2*2-3,13,16,20,22H,4-9H2,1H3;2-5,13,16,20,22H,6-9H2,1H3/t3*13-,16?,17+,18-/m111/s1. The van der Waals surface area contributed by atoms with Crippen molar-refractivity contribution in [1.82, 2.24) is 14.7 Å². The van der Waals surface area contributed by atoms with Crippen molar-refractivity contribution < 1.29 is 59.2 Å². The van der Waals surface area contributed by atoms with Crippen LogP contribution in [0.5, 0.6) is 17.2 Å². The number of carbonyl (C=O) groups is 3. The summed E-state index contributed by atoms with van der Waals surface area (Å²) in [6, 6.07) is 11.8. The van der Waals surface area contributed by atoms with Crippen LogP contribution in [0.25, 0.3) is 0 Å². The number of nitrogens with zero attached hydrogens (tertiary/aromatic N) is 3. The molecule has 3 saturated heterocycles. The topological polar surface area (TPSA) is 210 Å². The van der Waals surface area contributed by atoms with Crippen LogP contribution in [0.2, 0.25) is 0 Å². The predicted octanol–water partition coefficient (Wildman–Crippen LogP) is 1.37. The quantitative estimate of drug-likeness (QED) is 0.219. The zero-order valence-electron chi connectivity index (χ0n) is 39.4. The molecule has 15 heteroatoms. The van der Waals surface area contributed by atoms with Crippen LogP contribution < -0.4 is 14.2 Å². The number of ketones is 3. The number of aliphatic hydroxyl groups excluding tert-OH is 3. The highest BCUT2D eigenvalue weighted by molar-refractivity contribution is 5.99. The minimum absolute atomic E-state index is 0.0221. The van der Waals surface area contributed by atoms with E-state index in [2.05, 4.69) is 28.8 Å². The highest BCUT2D eigenvalue weighted by Crippen LogP contribution is 2.66. The highest BCUT2D eigenvalue weighted by Gasteiger charge is 2.75. The number of hydrogen-bond acceptors (Lipinski definition) is 15. The first kappa shape index (κ1) is 44.4. The van der Waals surface area contributed by atoms with Crippen LogP contribution in [0, 0.1) is 0 Å². The van der Waals surface area contributed by atoms with Gasteiger partial charge in [-0.2, -0.15) is 0 Å². The molecule has 6 N–H and O–H groups in total. The number of aliphatic hydroxyl groups is 6. The van der Waals surface area contributed by atoms with Crippen LogP contribution in [0.4, 0.5) is 0 Å². The summed E-state index contributed by atoms with van der Waals surface area (Å²) in [5.74, 6) is 2.02. The smallest absolute Gasteiger partial charge is 0.196 e. The minimum Gasteiger partial charge on any atom is -0.481 e. The maximum atomic E-state index is 12.6. The molecule has 5 fully saturated rings. The largest absolute Gasteiger partial charge is 0.481 e. The number of rotatable bonds is 3. The van der Waals surface area contributed by atoms with Gasteiger partial charge in [-0.3, -0.25) is 19.3 Å². The van der Waals surface area contributed by atoms with Crippen LogP contribution in [0.1, 0.15) is 95.0 Å². The van der Waals surface area contributed by atoms with Gasteiger partial charge in [0.1, 0.15) is 22.8 Å². The Bertz CT molecular complexity index is 2690. The third-order valence-electron chi connectivity index (χ3n) is 20.0. The summed E-state index contributed by atoms with van der Waals surface area (Å²) in [5, 5.41) is 64.1. The van der Waals surface area contributed by atoms with E-state index in [0.29, 0.717) is 54.9 Å². The lowest BCUT2D eigenvalue weighted by atomic mass is 9.49. The van der Waals surface area contributed by atoms with Crippen molar-refractivity contribution >= 4 is 17.3 Å². The molecule has 12 aliphatic rings. The monoisotopic (exact) mass is 943 g/mol. The number of benzene rings is 3. The van der Waals surface area contributed by atoms with Gasteiger partial charge in [-0.05, 0) is 121 Å². The molecular formula is C54H61N3O12. The fourth-order valence-corrected chi connectivity index (χ4v) is 16.8. The first-order valence-corrected chi connectivity index (χ1v) is 24.9. The zero-order valence-corrected chi connectivity index (χ0v) is 39.4. The minimum atomic E-state index is -1.11. The van der Waals surface area contributed by atoms with Gasteiger partial charge in [-0.1, -0.05) is 36.4 Å². The molecule has 15 rings (SSSR count). The molecule has 12 atom stereocenters. The molecule has 3 aromatic rings. The molecule has 15 nitrogen and oxygen atoms in total. The van der Waals surface area contributed by atoms with Crippen LogP contribution in [0.15, 0.2) is 48.6 Å². The van der Waals surface area contributed by atoms with Crippen molar-refractivity contribution in [1.29, 1.82) is 0 Å². The number of hydrogen-bond donors (Lipinski definition) is 6. The van der Waals surface area contributed by atoms with Gasteiger partial charge in [0.15, 0.2) is 35.7 Å². The maximum absolute atomic E-state index is 12.6. The molecule has 0 aromatic heterocycles. The van der Waals surface area contributed by atoms with E-state index in [1.165, 1.54) is 6.08 Å². The number of likely N-dealkylation sites (N-methyl/N-ethyl adjacent to an activating group) is 3. The van der Waals surface area contributed by atoms with Gasteiger partial charge in [-0.25, -0.2) is 0 Å². The lowest BCUT2D eigenvalue weighted by Gasteiger charge is -2.62. The summed E-state index contributed by atoms with van der Waals surface area (Å²) < 4.78 is 18.3. The molecule has 3 aromatic carbocycles. The van der Waals surface area contributed by atoms with Crippen LogP contribution >= 0.6 is 0 Å². The molecule has 6 aliphatic carbocycles. The SMILES string of the molecule is CN1CC[C@]23c4c5ccc(CO)c4OC2C(=O)C=C[C@@]3(O)[C@H]1C5.CN1CC[C@]23c4c5ccc(CO)c4OC2C(=O)CC[C@@]3(O)[C@H]1C5.CN1CC[C@]23c4c5ccc(CO)c4OC2C(=O)CC[C@@]3(O)[C@H]1C5. The maximum Gasteiger partial charge on any atom is 0.196 e. The van der Waals surface area contributed by atoms with E-state index in [4.69, 9.17) is 14.2 Å². The second kappa shape index (κ2) is 14.5. The van der Waals surface area contributed by atoms with Gasteiger partial charge in [-0.15, -0.1) is 0 Å². The summed E-state index contributed by atoms with van der Waals surface area (Å²) in [6.45, 7) is 2.17. The fourth-order valence-electron chi connectivity index (χ4n) is 16.8. The molecule has 364 valence electrons. The van der Waals surface area contributed by atoms with E-state index in [9.17, 15) is 45.0 Å². The normalized spacial score (nSPS) is 40.5. The number of Topliss-reactive ketones (excluding diaryl/α,β-unsaturated/α-hetero) is 2. The first-order chi connectivity index (χ1) is 33.1. The predicted molar refractivity (Wildman–Crippen MR) is 247 cm³/mol. The van der Waals surface area contributed by atoms with Crippen molar-refractivity contribution in [2.45, 2.75) is 154 Å². The van der Waals surface area contributed by atoms with Crippen LogP contribution in [-0.2, 0) is 69.7 Å². The number of piperidine rings is 3. The number of ether oxygens (including phenoxy) is 3. The molecule has 3 spiro atoms. The molecule has 3 unspecified atom stereocenters. The Morgan fingerprint density at radius 3 is 1.33 bits per heavy atom. The molecule has 0 radical (unpaired) electrons. The van der Waals surface area contributed by atoms with Crippen LogP contribution in [0.3, 0.4) is 0 Å². The van der Waals surface area contributed by atoms with Gasteiger partial charge in [0, 0.05) is 64.3 Å². The number of likely N-dealkylation sites (tertiary alicyclic amines) is 3. The Hall–Kier alpha value is -4.55. The Morgan fingerprint density at radius 1 is 0.522 bits per heavy atom. The summed E-state index contributed by atoms with van der Waals surface area (Å²) in [7, 11) is 6.15. The van der Waals surface area contributed by atoms with Gasteiger partial charge in [0.05, 0.1) is 47.3 Å². The number of carbonyl (C=O) groups excluding carboxylic acids is 3. The van der Waals surface area contributed by atoms with E-state index in [-0.39, 0.29) is 55.3 Å². The molecule has 6 aliphatic heterocycles. The van der Waals surface area contributed by atoms with E-state index < -0.39 is 51.4 Å². The van der Waals surface area contributed by atoms with Gasteiger partial charge >= 0.3 is 0 Å². The van der Waals surface area contributed by atoms with Crippen LogP contribution in [-0.4, -0.2) is 157 Å². The van der Waals surface area contributed by atoms with Crippen molar-refractivity contribution in [3.63, 3.8) is 0 Å². The molecule has 2 saturated carbocycles. The van der Waals surface area contributed by atoms with E-state index >= 15 is 0 Å². The molecule has 6 bridgehead atoms. The van der Waals surface area contributed by atoms with E-state index in [0.717, 1.165) is 96.2 Å². The van der Waals surface area contributed by atoms with Gasteiger partial charge < -0.3 is 54.6 Å². The first-order valence-electron chi connectivity index (χ1n) is 24.9. The fraction of sp³-hybridized carbons (Fsp3) is 0.574. The van der Waals surface area contributed by atoms with Gasteiger partial charge in [0.25, 0.3) is 0 Å². The second-order valence-corrected chi connectivity index (χ2v) is 22.3. The van der Waals surface area contributed by atoms with Crippen molar-refractivity contribution in [2.75, 3.05) is 40.8 Å². The highest BCUT2D eigenvalue weighted by atomic mass is 16.5. The third kappa shape index (κ3) is 5.07. The van der Waals surface area contributed by atoms with E-state index in [1.54, 1.807) is 6.08 Å². The Balaban J connectivity index is 0.000000102. The average Bonchev–Trinajstić information content (AvgIpc) is 4.02. The Morgan fingerprint density at radius 2 is 0.899 bits per heavy atom. The summed E-state index contributed by atoms with van der Waals surface area (Å²) in [4.78, 5) is 44.5. The van der Waals surface area contributed by atoms with Crippen molar-refractivity contribution in [3.05, 3.63) is 98.6 Å². The lowest BCUT2D eigenvalue weighted by molar-refractivity contribution is -0.185. The summed E-state index contributed by atoms with van der Waals surface area (Å²) in [6.07, 6.45) is 7.41. The molecule has 6 heterocycles. The third-order valence-corrected chi connectivity index (χ3v) is 20.0.